The third kappa shape index (κ3) is 2.70. The lowest BCUT2D eigenvalue weighted by Crippen LogP contribution is -1.96. The molecule has 0 aliphatic rings. The first-order chi connectivity index (χ1) is 7.75. The summed E-state index contributed by atoms with van der Waals surface area (Å²) in [4.78, 5) is 11.2. The van der Waals surface area contributed by atoms with E-state index in [2.05, 4.69) is 5.38 Å². The van der Waals surface area contributed by atoms with Crippen LogP contribution in [0.1, 0.15) is 22.8 Å². The van der Waals surface area contributed by atoms with Crippen LogP contribution in [-0.4, -0.2) is 5.78 Å². The van der Waals surface area contributed by atoms with E-state index in [0.717, 1.165) is 11.3 Å². The Balaban J connectivity index is 2.04. The summed E-state index contributed by atoms with van der Waals surface area (Å²) in [5.41, 5.74) is 1.83. The third-order valence-corrected chi connectivity index (χ3v) is 2.96. The highest BCUT2D eigenvalue weighted by molar-refractivity contribution is 7.07. The van der Waals surface area contributed by atoms with Crippen LogP contribution in [0.3, 0.4) is 0 Å². The Bertz CT molecular complexity index is 474. The lowest BCUT2D eigenvalue weighted by Gasteiger charge is -2.05. The molecule has 0 radical (unpaired) electrons. The van der Waals surface area contributed by atoms with E-state index in [4.69, 9.17) is 4.74 Å². The standard InChI is InChI=1S/C13H12O2S/c1-10(14)12-3-2-4-13(7-12)15-8-11-5-6-16-9-11/h2-7,9H,8H2,1H3. The second-order valence-electron chi connectivity index (χ2n) is 3.50. The predicted molar refractivity (Wildman–Crippen MR) is 65.1 cm³/mol. The minimum atomic E-state index is 0.0565. The normalized spacial score (nSPS) is 10.1. The molecule has 0 aliphatic carbocycles. The molecule has 1 heterocycles. The summed E-state index contributed by atoms with van der Waals surface area (Å²) in [6.45, 7) is 2.10. The van der Waals surface area contributed by atoms with E-state index < -0.39 is 0 Å². The highest BCUT2D eigenvalue weighted by atomic mass is 32.1. The van der Waals surface area contributed by atoms with Crippen molar-refractivity contribution in [3.05, 3.63) is 52.2 Å². The number of ether oxygens (including phenoxy) is 1. The molecule has 1 aromatic carbocycles. The largest absolute Gasteiger partial charge is 0.489 e. The van der Waals surface area contributed by atoms with Gasteiger partial charge in [0.2, 0.25) is 0 Å². The van der Waals surface area contributed by atoms with Crippen LogP contribution in [0.25, 0.3) is 0 Å². The predicted octanol–water partition coefficient (Wildman–Crippen LogP) is 3.53. The molecule has 82 valence electrons. The Hall–Kier alpha value is -1.61. The molecule has 0 saturated heterocycles. The van der Waals surface area contributed by atoms with Crippen molar-refractivity contribution in [2.75, 3.05) is 0 Å². The molecule has 0 unspecified atom stereocenters. The van der Waals surface area contributed by atoms with E-state index in [1.807, 2.05) is 23.6 Å². The highest BCUT2D eigenvalue weighted by Crippen LogP contribution is 2.16. The zero-order chi connectivity index (χ0) is 11.4. The first-order valence-electron chi connectivity index (χ1n) is 5.00. The Morgan fingerprint density at radius 1 is 1.38 bits per heavy atom. The van der Waals surface area contributed by atoms with Gasteiger partial charge in [0.05, 0.1) is 0 Å². The number of benzene rings is 1. The number of thiophene rings is 1. The van der Waals surface area contributed by atoms with Crippen molar-refractivity contribution in [1.29, 1.82) is 0 Å². The van der Waals surface area contributed by atoms with Crippen molar-refractivity contribution < 1.29 is 9.53 Å². The van der Waals surface area contributed by atoms with Crippen LogP contribution in [0.2, 0.25) is 0 Å². The molecular formula is C13H12O2S. The van der Waals surface area contributed by atoms with Gasteiger partial charge in [0, 0.05) is 5.56 Å². The van der Waals surface area contributed by atoms with Gasteiger partial charge in [-0.1, -0.05) is 12.1 Å². The summed E-state index contributed by atoms with van der Waals surface area (Å²) < 4.78 is 5.60. The molecule has 1 aromatic heterocycles. The van der Waals surface area contributed by atoms with E-state index in [-0.39, 0.29) is 5.78 Å². The van der Waals surface area contributed by atoms with Crippen molar-refractivity contribution in [1.82, 2.24) is 0 Å². The van der Waals surface area contributed by atoms with E-state index in [1.165, 1.54) is 0 Å². The number of hydrogen-bond donors (Lipinski definition) is 0. The smallest absolute Gasteiger partial charge is 0.159 e. The Kier molecular flexibility index (Phi) is 3.37. The molecule has 0 amide bonds. The van der Waals surface area contributed by atoms with Gasteiger partial charge in [0.25, 0.3) is 0 Å². The average Bonchev–Trinajstić information content (AvgIpc) is 2.79. The number of carbonyl (C=O) groups excluding carboxylic acids is 1. The van der Waals surface area contributed by atoms with E-state index >= 15 is 0 Å². The molecule has 0 atom stereocenters. The van der Waals surface area contributed by atoms with Crippen LogP contribution in [0.5, 0.6) is 5.75 Å². The van der Waals surface area contributed by atoms with Gasteiger partial charge < -0.3 is 4.74 Å². The van der Waals surface area contributed by atoms with Crippen LogP contribution in [0, 0.1) is 0 Å². The molecule has 16 heavy (non-hydrogen) atoms. The number of hydrogen-bond acceptors (Lipinski definition) is 3. The SMILES string of the molecule is CC(=O)c1cccc(OCc2ccsc2)c1. The summed E-state index contributed by atoms with van der Waals surface area (Å²) in [5.74, 6) is 0.792. The van der Waals surface area contributed by atoms with Crippen LogP contribution >= 0.6 is 11.3 Å². The highest BCUT2D eigenvalue weighted by Gasteiger charge is 2.01. The summed E-state index contributed by atoms with van der Waals surface area (Å²) in [7, 11) is 0. The maximum absolute atomic E-state index is 11.2. The van der Waals surface area contributed by atoms with Crippen LogP contribution < -0.4 is 4.74 Å². The summed E-state index contributed by atoms with van der Waals surface area (Å²) in [5, 5.41) is 4.07. The van der Waals surface area contributed by atoms with Crippen LogP contribution in [-0.2, 0) is 6.61 Å². The van der Waals surface area contributed by atoms with E-state index in [1.54, 1.807) is 30.4 Å². The van der Waals surface area contributed by atoms with Gasteiger partial charge in [0.15, 0.2) is 5.78 Å². The number of Topliss-reactive ketones (excluding diaryl/α,β-unsaturated/α-hetero) is 1. The van der Waals surface area contributed by atoms with Crippen molar-refractivity contribution >= 4 is 17.1 Å². The van der Waals surface area contributed by atoms with Gasteiger partial charge in [0.1, 0.15) is 12.4 Å². The molecular weight excluding hydrogens is 220 g/mol. The third-order valence-electron chi connectivity index (χ3n) is 2.23. The maximum atomic E-state index is 11.2. The van der Waals surface area contributed by atoms with Crippen LogP contribution in [0.4, 0.5) is 0 Å². The average molecular weight is 232 g/mol. The van der Waals surface area contributed by atoms with E-state index in [9.17, 15) is 4.79 Å². The molecule has 0 saturated carbocycles. The molecule has 2 nitrogen and oxygen atoms in total. The first kappa shape index (κ1) is 10.9. The lowest BCUT2D eigenvalue weighted by atomic mass is 10.1. The molecule has 0 fully saturated rings. The van der Waals surface area contributed by atoms with Gasteiger partial charge in [-0.05, 0) is 41.4 Å². The molecule has 2 rings (SSSR count). The van der Waals surface area contributed by atoms with Crippen molar-refractivity contribution in [2.24, 2.45) is 0 Å². The van der Waals surface area contributed by atoms with Gasteiger partial charge in [-0.3, -0.25) is 4.79 Å². The number of ketones is 1. The summed E-state index contributed by atoms with van der Waals surface area (Å²) >= 11 is 1.65. The van der Waals surface area contributed by atoms with Crippen molar-refractivity contribution in [3.8, 4) is 5.75 Å². The fraction of sp³-hybridized carbons (Fsp3) is 0.154. The monoisotopic (exact) mass is 232 g/mol. The zero-order valence-electron chi connectivity index (χ0n) is 8.97. The van der Waals surface area contributed by atoms with Gasteiger partial charge >= 0.3 is 0 Å². The zero-order valence-corrected chi connectivity index (χ0v) is 9.79. The van der Waals surface area contributed by atoms with Gasteiger partial charge in [-0.25, -0.2) is 0 Å². The Labute approximate surface area is 98.5 Å². The van der Waals surface area contributed by atoms with E-state index in [0.29, 0.717) is 12.2 Å². The molecule has 0 bridgehead atoms. The second-order valence-corrected chi connectivity index (χ2v) is 4.28. The molecule has 0 spiro atoms. The lowest BCUT2D eigenvalue weighted by molar-refractivity contribution is 0.101. The van der Waals surface area contributed by atoms with Gasteiger partial charge in [-0.2, -0.15) is 11.3 Å². The molecule has 0 aliphatic heterocycles. The van der Waals surface area contributed by atoms with Crippen molar-refractivity contribution in [2.45, 2.75) is 13.5 Å². The topological polar surface area (TPSA) is 26.3 Å². The Morgan fingerprint density at radius 3 is 2.94 bits per heavy atom. The molecule has 0 N–H and O–H groups in total. The minimum absolute atomic E-state index is 0.0565. The van der Waals surface area contributed by atoms with Crippen LogP contribution in [0.15, 0.2) is 41.1 Å². The summed E-state index contributed by atoms with van der Waals surface area (Å²) in [6.07, 6.45) is 0. The fourth-order valence-corrected chi connectivity index (χ4v) is 2.00. The molecule has 2 aromatic rings. The molecule has 3 heteroatoms. The fourth-order valence-electron chi connectivity index (χ4n) is 1.35. The Morgan fingerprint density at radius 2 is 2.25 bits per heavy atom. The van der Waals surface area contributed by atoms with Gasteiger partial charge in [-0.15, -0.1) is 0 Å². The second kappa shape index (κ2) is 4.94. The quantitative estimate of drug-likeness (QED) is 0.754. The number of carbonyl (C=O) groups is 1. The summed E-state index contributed by atoms with van der Waals surface area (Å²) in [6, 6.07) is 9.28. The minimum Gasteiger partial charge on any atom is -0.489 e. The number of rotatable bonds is 4. The first-order valence-corrected chi connectivity index (χ1v) is 5.95. The maximum Gasteiger partial charge on any atom is 0.159 e. The van der Waals surface area contributed by atoms with Crippen molar-refractivity contribution in [3.63, 3.8) is 0 Å².